The molecule has 1 atom stereocenters. The van der Waals surface area contributed by atoms with Crippen molar-refractivity contribution >= 4 is 27.5 Å². The molecule has 1 unspecified atom stereocenters. The maximum atomic E-state index is 14.2. The van der Waals surface area contributed by atoms with Crippen LogP contribution in [-0.4, -0.2) is 43.8 Å². The second-order valence-electron chi connectivity index (χ2n) is 12.1. The third kappa shape index (κ3) is 8.25. The van der Waals surface area contributed by atoms with E-state index in [4.69, 9.17) is 0 Å². The monoisotopic (exact) mass is 603 g/mol. The quantitative estimate of drug-likeness (QED) is 0.272. The lowest BCUT2D eigenvalue weighted by molar-refractivity contribution is -0.139. The first-order valence-electron chi connectivity index (χ1n) is 15.3. The number of nitrogens with one attached hydrogen (secondary N) is 1. The van der Waals surface area contributed by atoms with Crippen molar-refractivity contribution in [3.8, 4) is 0 Å². The van der Waals surface area contributed by atoms with Crippen molar-refractivity contribution in [2.75, 3.05) is 10.8 Å². The van der Waals surface area contributed by atoms with Gasteiger partial charge in [-0.15, -0.1) is 0 Å². The summed E-state index contributed by atoms with van der Waals surface area (Å²) in [6, 6.07) is 21.0. The third-order valence-electron chi connectivity index (χ3n) is 8.33. The molecule has 2 amide bonds. The molecule has 230 valence electrons. The van der Waals surface area contributed by atoms with Gasteiger partial charge in [0.15, 0.2) is 0 Å². The van der Waals surface area contributed by atoms with Crippen LogP contribution in [0.5, 0.6) is 0 Å². The molecule has 0 heterocycles. The minimum atomic E-state index is -4.09. The van der Waals surface area contributed by atoms with Crippen LogP contribution in [0.1, 0.15) is 81.0 Å². The summed E-state index contributed by atoms with van der Waals surface area (Å²) in [6.45, 7) is 9.49. The van der Waals surface area contributed by atoms with Crippen LogP contribution in [0, 0.1) is 13.8 Å². The van der Waals surface area contributed by atoms with Crippen LogP contribution in [0.25, 0.3) is 0 Å². The minimum Gasteiger partial charge on any atom is -0.352 e. The van der Waals surface area contributed by atoms with Crippen LogP contribution >= 0.6 is 0 Å². The second-order valence-corrected chi connectivity index (χ2v) is 14.0. The van der Waals surface area contributed by atoms with Crippen molar-refractivity contribution in [1.82, 2.24) is 10.2 Å². The van der Waals surface area contributed by atoms with Gasteiger partial charge in [-0.3, -0.25) is 13.9 Å². The molecule has 3 aromatic carbocycles. The Hall–Kier alpha value is -3.65. The first-order valence-corrected chi connectivity index (χ1v) is 16.7. The summed E-state index contributed by atoms with van der Waals surface area (Å²) in [6.07, 6.45) is 5.18. The Morgan fingerprint density at radius 1 is 0.814 bits per heavy atom. The predicted octanol–water partition coefficient (Wildman–Crippen LogP) is 6.49. The van der Waals surface area contributed by atoms with E-state index in [9.17, 15) is 18.0 Å². The molecule has 0 saturated heterocycles. The Morgan fingerprint density at radius 3 is 1.93 bits per heavy atom. The highest BCUT2D eigenvalue weighted by atomic mass is 32.2. The van der Waals surface area contributed by atoms with Gasteiger partial charge in [0.1, 0.15) is 12.6 Å². The SMILES string of the molecule is Cc1ccc(CN(C(=O)CN(c2ccc(C(C)C)cc2)S(=O)(=O)c2ccc(C)cc2)C(C)C(=O)NC2CCCCC2)cc1. The van der Waals surface area contributed by atoms with Gasteiger partial charge in [-0.2, -0.15) is 0 Å². The molecule has 1 aliphatic carbocycles. The number of aryl methyl sites for hydroxylation is 2. The molecule has 0 aliphatic heterocycles. The van der Waals surface area contributed by atoms with Gasteiger partial charge in [-0.1, -0.05) is 92.8 Å². The van der Waals surface area contributed by atoms with Crippen molar-refractivity contribution in [3.63, 3.8) is 0 Å². The molecule has 4 rings (SSSR count). The summed E-state index contributed by atoms with van der Waals surface area (Å²) >= 11 is 0. The molecule has 8 heteroatoms. The lowest BCUT2D eigenvalue weighted by atomic mass is 9.95. The van der Waals surface area contributed by atoms with E-state index in [0.717, 1.165) is 52.2 Å². The van der Waals surface area contributed by atoms with E-state index in [2.05, 4.69) is 19.2 Å². The normalized spacial score (nSPS) is 14.7. The van der Waals surface area contributed by atoms with Gasteiger partial charge in [0.05, 0.1) is 10.6 Å². The standard InChI is InChI=1S/C35H45N3O4S/c1-25(2)30-17-19-32(20-18-30)38(43(41,42)33-21-13-27(4)14-22-33)24-34(39)37(23-29-15-11-26(3)12-16-29)28(5)35(40)36-31-9-7-6-8-10-31/h11-22,25,28,31H,6-10,23-24H2,1-5H3,(H,36,40). The van der Waals surface area contributed by atoms with Crippen molar-refractivity contribution < 1.29 is 18.0 Å². The number of amides is 2. The maximum Gasteiger partial charge on any atom is 0.264 e. The van der Waals surface area contributed by atoms with Gasteiger partial charge in [-0.25, -0.2) is 8.42 Å². The smallest absolute Gasteiger partial charge is 0.264 e. The lowest BCUT2D eigenvalue weighted by Gasteiger charge is -2.33. The molecule has 1 aliphatic rings. The Bertz CT molecular complexity index is 1480. The van der Waals surface area contributed by atoms with Crippen LogP contribution in [0.4, 0.5) is 5.69 Å². The van der Waals surface area contributed by atoms with E-state index in [1.54, 1.807) is 43.3 Å². The van der Waals surface area contributed by atoms with E-state index in [1.165, 1.54) is 11.3 Å². The average molecular weight is 604 g/mol. The number of anilines is 1. The van der Waals surface area contributed by atoms with E-state index >= 15 is 0 Å². The highest BCUT2D eigenvalue weighted by Crippen LogP contribution is 2.27. The molecule has 1 N–H and O–H groups in total. The van der Waals surface area contributed by atoms with Crippen molar-refractivity contribution in [2.24, 2.45) is 0 Å². The van der Waals surface area contributed by atoms with Crippen LogP contribution in [0.15, 0.2) is 77.7 Å². The minimum absolute atomic E-state index is 0.0953. The summed E-state index contributed by atoms with van der Waals surface area (Å²) in [7, 11) is -4.09. The van der Waals surface area contributed by atoms with E-state index in [1.807, 2.05) is 50.2 Å². The Morgan fingerprint density at radius 2 is 1.37 bits per heavy atom. The fraction of sp³-hybridized carbons (Fsp3) is 0.429. The Balaban J connectivity index is 1.68. The van der Waals surface area contributed by atoms with Crippen molar-refractivity contribution in [1.29, 1.82) is 0 Å². The number of hydrogen-bond donors (Lipinski definition) is 1. The second kappa shape index (κ2) is 14.2. The summed E-state index contributed by atoms with van der Waals surface area (Å²) in [4.78, 5) is 29.3. The molecular formula is C35H45N3O4S. The molecule has 1 saturated carbocycles. The van der Waals surface area contributed by atoms with Gasteiger partial charge >= 0.3 is 0 Å². The largest absolute Gasteiger partial charge is 0.352 e. The van der Waals surface area contributed by atoms with Gasteiger partial charge in [-0.05, 0) is 74.9 Å². The van der Waals surface area contributed by atoms with E-state index in [0.29, 0.717) is 5.69 Å². The molecule has 43 heavy (non-hydrogen) atoms. The number of benzene rings is 3. The summed E-state index contributed by atoms with van der Waals surface area (Å²) < 4.78 is 29.3. The van der Waals surface area contributed by atoms with Crippen molar-refractivity contribution in [3.05, 3.63) is 95.1 Å². The van der Waals surface area contributed by atoms with E-state index < -0.39 is 28.5 Å². The van der Waals surface area contributed by atoms with Crippen LogP contribution in [-0.2, 0) is 26.2 Å². The predicted molar refractivity (Wildman–Crippen MR) is 172 cm³/mol. The molecule has 7 nitrogen and oxygen atoms in total. The first kappa shape index (κ1) is 32.3. The number of rotatable bonds is 11. The Labute approximate surface area is 257 Å². The van der Waals surface area contributed by atoms with Gasteiger partial charge in [0.2, 0.25) is 11.8 Å². The molecule has 1 fully saturated rings. The molecule has 3 aromatic rings. The van der Waals surface area contributed by atoms with Gasteiger partial charge in [0.25, 0.3) is 10.0 Å². The highest BCUT2D eigenvalue weighted by Gasteiger charge is 2.33. The lowest BCUT2D eigenvalue weighted by Crippen LogP contribution is -2.53. The van der Waals surface area contributed by atoms with Crippen LogP contribution in [0.3, 0.4) is 0 Å². The van der Waals surface area contributed by atoms with Crippen LogP contribution < -0.4 is 9.62 Å². The number of carbonyl (C=O) groups is 2. The summed E-state index contributed by atoms with van der Waals surface area (Å²) in [5, 5.41) is 3.15. The fourth-order valence-electron chi connectivity index (χ4n) is 5.43. The zero-order valence-corrected chi connectivity index (χ0v) is 26.9. The maximum absolute atomic E-state index is 14.2. The number of sulfonamides is 1. The zero-order valence-electron chi connectivity index (χ0n) is 26.0. The van der Waals surface area contributed by atoms with Gasteiger partial charge in [0, 0.05) is 12.6 Å². The average Bonchev–Trinajstić information content (AvgIpc) is 2.99. The molecule has 0 radical (unpaired) electrons. The number of hydrogen-bond acceptors (Lipinski definition) is 4. The summed E-state index contributed by atoms with van der Waals surface area (Å²) in [5.41, 5.74) is 4.35. The fourth-order valence-corrected chi connectivity index (χ4v) is 6.85. The topological polar surface area (TPSA) is 86.8 Å². The van der Waals surface area contributed by atoms with Gasteiger partial charge < -0.3 is 10.2 Å². The number of carbonyl (C=O) groups excluding carboxylic acids is 2. The number of nitrogens with zero attached hydrogens (tertiary/aromatic N) is 2. The molecule has 0 bridgehead atoms. The Kier molecular flexibility index (Phi) is 10.7. The summed E-state index contributed by atoms with van der Waals surface area (Å²) in [5.74, 6) is -0.400. The first-order chi connectivity index (χ1) is 20.5. The molecule has 0 aromatic heterocycles. The zero-order chi connectivity index (χ0) is 31.1. The molecular weight excluding hydrogens is 558 g/mol. The van der Waals surface area contributed by atoms with E-state index in [-0.39, 0.29) is 29.3 Å². The van der Waals surface area contributed by atoms with Crippen LogP contribution in [0.2, 0.25) is 0 Å². The third-order valence-corrected chi connectivity index (χ3v) is 10.1. The molecule has 0 spiro atoms. The highest BCUT2D eigenvalue weighted by molar-refractivity contribution is 7.92. The van der Waals surface area contributed by atoms with Crippen molar-refractivity contribution in [2.45, 2.75) is 96.2 Å².